The molecule has 170 valence electrons. The molecule has 1 aliphatic rings. The fourth-order valence-electron chi connectivity index (χ4n) is 4.38. The maximum absolute atomic E-state index is 13.5. The number of nitrogens with zero attached hydrogens (tertiary/aromatic N) is 4. The standard InChI is InChI=1S/C27H23FN4O2/c1-2-6-25(33)31-15-4-3-9-23(31)27-30-26(24-18-29-14-16-32(24)27)19-10-12-21(13-11-19)34-22-8-5-7-20(28)17-22/h5,7-8,10-14,16-18,23H,3-4,9,15H2,1H3. The van der Waals surface area contributed by atoms with Crippen LogP contribution in [0, 0.1) is 17.7 Å². The van der Waals surface area contributed by atoms with Gasteiger partial charge < -0.3 is 9.64 Å². The number of fused-ring (bicyclic) bond motifs is 1. The number of imidazole rings is 1. The summed E-state index contributed by atoms with van der Waals surface area (Å²) in [5.74, 6) is 6.72. The van der Waals surface area contributed by atoms with E-state index in [1.54, 1.807) is 31.5 Å². The molecule has 4 aromatic rings. The van der Waals surface area contributed by atoms with Crippen LogP contribution in [-0.2, 0) is 4.79 Å². The Balaban J connectivity index is 1.50. The van der Waals surface area contributed by atoms with Crippen LogP contribution >= 0.6 is 0 Å². The second-order valence-corrected chi connectivity index (χ2v) is 8.12. The van der Waals surface area contributed by atoms with E-state index in [-0.39, 0.29) is 17.8 Å². The van der Waals surface area contributed by atoms with Crippen LogP contribution in [0.3, 0.4) is 0 Å². The van der Waals surface area contributed by atoms with E-state index in [2.05, 4.69) is 16.8 Å². The number of ether oxygens (including phenoxy) is 1. The van der Waals surface area contributed by atoms with Crippen molar-refractivity contribution in [3.8, 4) is 34.6 Å². The third-order valence-electron chi connectivity index (χ3n) is 5.93. The molecule has 5 rings (SSSR count). The smallest absolute Gasteiger partial charge is 0.299 e. The topological polar surface area (TPSA) is 59.7 Å². The third-order valence-corrected chi connectivity index (χ3v) is 5.93. The van der Waals surface area contributed by atoms with E-state index in [1.165, 1.54) is 12.1 Å². The summed E-state index contributed by atoms with van der Waals surface area (Å²) in [7, 11) is 0. The summed E-state index contributed by atoms with van der Waals surface area (Å²) in [6.07, 6.45) is 8.19. The van der Waals surface area contributed by atoms with Crippen LogP contribution in [0.5, 0.6) is 11.5 Å². The van der Waals surface area contributed by atoms with Crippen molar-refractivity contribution in [1.29, 1.82) is 0 Å². The van der Waals surface area contributed by atoms with E-state index in [4.69, 9.17) is 9.72 Å². The van der Waals surface area contributed by atoms with Gasteiger partial charge in [-0.25, -0.2) is 9.37 Å². The Hall–Kier alpha value is -4.18. The summed E-state index contributed by atoms with van der Waals surface area (Å²) < 4.78 is 21.2. The van der Waals surface area contributed by atoms with Crippen molar-refractivity contribution in [3.05, 3.63) is 78.8 Å². The van der Waals surface area contributed by atoms with Crippen molar-refractivity contribution < 1.29 is 13.9 Å². The minimum atomic E-state index is -0.348. The molecule has 0 N–H and O–H groups in total. The van der Waals surface area contributed by atoms with E-state index in [9.17, 15) is 9.18 Å². The van der Waals surface area contributed by atoms with Crippen LogP contribution in [-0.4, -0.2) is 31.7 Å². The predicted molar refractivity (Wildman–Crippen MR) is 127 cm³/mol. The van der Waals surface area contributed by atoms with Crippen molar-refractivity contribution >= 4 is 11.4 Å². The summed E-state index contributed by atoms with van der Waals surface area (Å²) in [4.78, 5) is 23.8. The largest absolute Gasteiger partial charge is 0.457 e. The van der Waals surface area contributed by atoms with Gasteiger partial charge in [0.1, 0.15) is 23.1 Å². The SMILES string of the molecule is CC#CC(=O)N1CCCCC1c1nc(-c2ccc(Oc3cccc(F)c3)cc2)c2cnccn12. The first-order valence-corrected chi connectivity index (χ1v) is 11.2. The lowest BCUT2D eigenvalue weighted by atomic mass is 10.0. The van der Waals surface area contributed by atoms with Gasteiger partial charge in [-0.2, -0.15) is 0 Å². The minimum absolute atomic E-state index is 0.152. The van der Waals surface area contributed by atoms with Crippen LogP contribution in [0.1, 0.15) is 38.1 Å². The number of likely N-dealkylation sites (tertiary alicyclic amines) is 1. The molecule has 1 aliphatic heterocycles. The number of carbonyl (C=O) groups excluding carboxylic acids is 1. The highest BCUT2D eigenvalue weighted by molar-refractivity contribution is 5.93. The number of amides is 1. The molecule has 1 saturated heterocycles. The molecule has 2 aromatic heterocycles. The van der Waals surface area contributed by atoms with Crippen molar-refractivity contribution in [1.82, 2.24) is 19.3 Å². The van der Waals surface area contributed by atoms with Gasteiger partial charge in [0.15, 0.2) is 0 Å². The second kappa shape index (κ2) is 9.36. The Morgan fingerprint density at radius 2 is 2.00 bits per heavy atom. The number of benzene rings is 2. The normalized spacial score (nSPS) is 15.6. The van der Waals surface area contributed by atoms with Crippen molar-refractivity contribution in [2.24, 2.45) is 0 Å². The van der Waals surface area contributed by atoms with Crippen molar-refractivity contribution in [2.75, 3.05) is 6.54 Å². The van der Waals surface area contributed by atoms with Gasteiger partial charge in [-0.05, 0) is 68.5 Å². The maximum Gasteiger partial charge on any atom is 0.299 e. The molecule has 34 heavy (non-hydrogen) atoms. The number of piperidine rings is 1. The van der Waals surface area contributed by atoms with Gasteiger partial charge in [0, 0.05) is 30.6 Å². The average Bonchev–Trinajstić information content (AvgIpc) is 3.24. The van der Waals surface area contributed by atoms with E-state index < -0.39 is 0 Å². The monoisotopic (exact) mass is 454 g/mol. The van der Waals surface area contributed by atoms with Crippen LogP contribution in [0.2, 0.25) is 0 Å². The van der Waals surface area contributed by atoms with Crippen molar-refractivity contribution in [2.45, 2.75) is 32.2 Å². The summed E-state index contributed by atoms with van der Waals surface area (Å²) >= 11 is 0. The first kappa shape index (κ1) is 21.7. The summed E-state index contributed by atoms with van der Waals surface area (Å²) in [5.41, 5.74) is 2.53. The van der Waals surface area contributed by atoms with Gasteiger partial charge >= 0.3 is 0 Å². The first-order valence-electron chi connectivity index (χ1n) is 11.2. The van der Waals surface area contributed by atoms with Gasteiger partial charge in [0.2, 0.25) is 0 Å². The van der Waals surface area contributed by atoms with Crippen LogP contribution in [0.4, 0.5) is 4.39 Å². The summed E-state index contributed by atoms with van der Waals surface area (Å²) in [6.45, 7) is 2.34. The van der Waals surface area contributed by atoms with E-state index in [0.717, 1.165) is 41.9 Å². The molecule has 6 nitrogen and oxygen atoms in total. The molecule has 1 fully saturated rings. The zero-order valence-corrected chi connectivity index (χ0v) is 18.7. The Morgan fingerprint density at radius 1 is 1.15 bits per heavy atom. The van der Waals surface area contributed by atoms with Crippen LogP contribution in [0.25, 0.3) is 16.8 Å². The Kier molecular flexibility index (Phi) is 5.96. The molecular weight excluding hydrogens is 431 g/mol. The second-order valence-electron chi connectivity index (χ2n) is 8.12. The summed E-state index contributed by atoms with van der Waals surface area (Å²) in [6, 6.07) is 13.4. The molecule has 0 aliphatic carbocycles. The van der Waals surface area contributed by atoms with Gasteiger partial charge in [0.05, 0.1) is 23.4 Å². The van der Waals surface area contributed by atoms with Crippen LogP contribution < -0.4 is 4.74 Å². The fourth-order valence-corrected chi connectivity index (χ4v) is 4.38. The molecule has 0 radical (unpaired) electrons. The summed E-state index contributed by atoms with van der Waals surface area (Å²) in [5, 5.41) is 0. The van der Waals surface area contributed by atoms with Crippen molar-refractivity contribution in [3.63, 3.8) is 0 Å². The highest BCUT2D eigenvalue weighted by atomic mass is 19.1. The number of hydrogen-bond donors (Lipinski definition) is 0. The quantitative estimate of drug-likeness (QED) is 0.387. The first-order chi connectivity index (χ1) is 16.6. The molecule has 2 aromatic carbocycles. The number of rotatable bonds is 4. The van der Waals surface area contributed by atoms with Gasteiger partial charge in [-0.3, -0.25) is 14.2 Å². The zero-order valence-electron chi connectivity index (χ0n) is 18.7. The Bertz CT molecular complexity index is 1400. The highest BCUT2D eigenvalue weighted by Gasteiger charge is 2.31. The lowest BCUT2D eigenvalue weighted by Crippen LogP contribution is -2.38. The van der Waals surface area contributed by atoms with Gasteiger partial charge in [-0.15, -0.1) is 0 Å². The lowest BCUT2D eigenvalue weighted by molar-refractivity contribution is -0.129. The molecule has 1 amide bonds. The Labute approximate surface area is 197 Å². The highest BCUT2D eigenvalue weighted by Crippen LogP contribution is 2.35. The number of aromatic nitrogens is 3. The van der Waals surface area contributed by atoms with E-state index in [0.29, 0.717) is 18.0 Å². The third kappa shape index (κ3) is 4.23. The van der Waals surface area contributed by atoms with Gasteiger partial charge in [0.25, 0.3) is 5.91 Å². The predicted octanol–water partition coefficient (Wildman–Crippen LogP) is 5.40. The van der Waals surface area contributed by atoms with E-state index >= 15 is 0 Å². The molecule has 0 bridgehead atoms. The minimum Gasteiger partial charge on any atom is -0.457 e. The lowest BCUT2D eigenvalue weighted by Gasteiger charge is -2.33. The molecule has 7 heteroatoms. The number of halogens is 1. The zero-order chi connectivity index (χ0) is 23.5. The molecule has 1 atom stereocenters. The average molecular weight is 455 g/mol. The molecule has 0 spiro atoms. The molecule has 0 saturated carbocycles. The molecule has 3 heterocycles. The van der Waals surface area contributed by atoms with Gasteiger partial charge in [-0.1, -0.05) is 12.0 Å². The molecular formula is C27H23FN4O2. The number of carbonyl (C=O) groups is 1. The molecule has 1 unspecified atom stereocenters. The number of hydrogen-bond acceptors (Lipinski definition) is 4. The maximum atomic E-state index is 13.5. The van der Waals surface area contributed by atoms with E-state index in [1.807, 2.05) is 39.8 Å². The van der Waals surface area contributed by atoms with Crippen LogP contribution in [0.15, 0.2) is 67.1 Å². The fraction of sp³-hybridized carbons (Fsp3) is 0.222. The Morgan fingerprint density at radius 3 is 2.79 bits per heavy atom.